The summed E-state index contributed by atoms with van der Waals surface area (Å²) in [7, 11) is 0. The van der Waals surface area contributed by atoms with Gasteiger partial charge in [0.25, 0.3) is 0 Å². The summed E-state index contributed by atoms with van der Waals surface area (Å²) in [5, 5.41) is 0. The van der Waals surface area contributed by atoms with Gasteiger partial charge in [-0.15, -0.1) is 0 Å². The normalized spacial score (nSPS) is 14.5. The van der Waals surface area contributed by atoms with E-state index in [0.29, 0.717) is 11.5 Å². The molecule has 0 saturated heterocycles. The molecule has 0 aliphatic rings. The number of benzene rings is 1. The number of rotatable bonds is 7. The van der Waals surface area contributed by atoms with Crippen LogP contribution in [0.1, 0.15) is 57.6 Å². The molecular formula is C15H23F2N. The van der Waals surface area contributed by atoms with Crippen molar-refractivity contribution in [2.45, 2.75) is 52.0 Å². The van der Waals surface area contributed by atoms with E-state index in [9.17, 15) is 8.78 Å². The van der Waals surface area contributed by atoms with Crippen LogP contribution in [-0.4, -0.2) is 0 Å². The van der Waals surface area contributed by atoms with Crippen LogP contribution < -0.4 is 5.73 Å². The van der Waals surface area contributed by atoms with Gasteiger partial charge in [-0.25, -0.2) is 8.78 Å². The van der Waals surface area contributed by atoms with E-state index in [1.165, 1.54) is 18.9 Å². The van der Waals surface area contributed by atoms with Crippen molar-refractivity contribution < 1.29 is 8.78 Å². The van der Waals surface area contributed by atoms with Crippen LogP contribution in [0.5, 0.6) is 0 Å². The zero-order chi connectivity index (χ0) is 13.5. The Morgan fingerprint density at radius 1 is 1.17 bits per heavy atom. The molecule has 0 aliphatic heterocycles. The van der Waals surface area contributed by atoms with Crippen molar-refractivity contribution >= 4 is 0 Å². The quantitative estimate of drug-likeness (QED) is 0.758. The third-order valence-electron chi connectivity index (χ3n) is 3.50. The third-order valence-corrected chi connectivity index (χ3v) is 3.50. The Morgan fingerprint density at radius 2 is 1.89 bits per heavy atom. The molecule has 18 heavy (non-hydrogen) atoms. The summed E-state index contributed by atoms with van der Waals surface area (Å²) in [6, 6.07) is 3.74. The lowest BCUT2D eigenvalue weighted by Gasteiger charge is -2.20. The van der Waals surface area contributed by atoms with Crippen molar-refractivity contribution in [1.82, 2.24) is 0 Å². The fourth-order valence-electron chi connectivity index (χ4n) is 2.22. The minimum Gasteiger partial charge on any atom is -0.324 e. The van der Waals surface area contributed by atoms with Gasteiger partial charge >= 0.3 is 0 Å². The molecule has 0 bridgehead atoms. The molecule has 102 valence electrons. The summed E-state index contributed by atoms with van der Waals surface area (Å²) in [5.41, 5.74) is 6.76. The van der Waals surface area contributed by atoms with E-state index in [0.717, 1.165) is 25.3 Å². The highest BCUT2D eigenvalue weighted by atomic mass is 19.2. The Balaban J connectivity index is 2.62. The second-order valence-electron chi connectivity index (χ2n) is 4.93. The molecule has 1 rings (SSSR count). The van der Waals surface area contributed by atoms with Crippen molar-refractivity contribution in [2.24, 2.45) is 11.7 Å². The Bertz CT molecular complexity index is 366. The molecule has 0 aromatic heterocycles. The first kappa shape index (κ1) is 15.1. The molecule has 2 N–H and O–H groups in total. The van der Waals surface area contributed by atoms with Crippen molar-refractivity contribution in [2.75, 3.05) is 0 Å². The Kier molecular flexibility index (Phi) is 6.27. The predicted octanol–water partition coefficient (Wildman–Crippen LogP) is 4.57. The van der Waals surface area contributed by atoms with Crippen LogP contribution in [0.4, 0.5) is 8.78 Å². The molecule has 0 radical (unpaired) electrons. The van der Waals surface area contributed by atoms with Gasteiger partial charge in [0.15, 0.2) is 11.6 Å². The molecule has 0 fully saturated rings. The monoisotopic (exact) mass is 255 g/mol. The minimum absolute atomic E-state index is 0.207. The van der Waals surface area contributed by atoms with Crippen molar-refractivity contribution in [3.63, 3.8) is 0 Å². The van der Waals surface area contributed by atoms with Gasteiger partial charge in [0.1, 0.15) is 0 Å². The molecule has 3 heteroatoms. The maximum atomic E-state index is 13.1. The summed E-state index contributed by atoms with van der Waals surface area (Å²) in [6.07, 6.45) is 5.45. The van der Waals surface area contributed by atoms with E-state index in [2.05, 4.69) is 13.8 Å². The fraction of sp³-hybridized carbons (Fsp3) is 0.600. The van der Waals surface area contributed by atoms with E-state index in [1.807, 2.05) is 0 Å². The Labute approximate surface area is 108 Å². The van der Waals surface area contributed by atoms with Crippen LogP contribution in [-0.2, 0) is 0 Å². The molecule has 0 saturated carbocycles. The molecule has 0 aliphatic carbocycles. The molecule has 0 heterocycles. The first-order chi connectivity index (χ1) is 8.58. The third kappa shape index (κ3) is 4.37. The van der Waals surface area contributed by atoms with Crippen LogP contribution in [0.15, 0.2) is 18.2 Å². The smallest absolute Gasteiger partial charge is 0.159 e. The van der Waals surface area contributed by atoms with Crippen molar-refractivity contribution in [3.8, 4) is 0 Å². The molecule has 2 unspecified atom stereocenters. The predicted molar refractivity (Wildman–Crippen MR) is 71.2 cm³/mol. The summed E-state index contributed by atoms with van der Waals surface area (Å²) in [5.74, 6) is -1.07. The highest BCUT2D eigenvalue weighted by Crippen LogP contribution is 2.25. The first-order valence-electron chi connectivity index (χ1n) is 6.79. The van der Waals surface area contributed by atoms with Gasteiger partial charge in [0.2, 0.25) is 0 Å². The largest absolute Gasteiger partial charge is 0.324 e. The van der Waals surface area contributed by atoms with Gasteiger partial charge in [-0.3, -0.25) is 0 Å². The second-order valence-corrected chi connectivity index (χ2v) is 4.93. The number of unbranched alkanes of at least 4 members (excludes halogenated alkanes) is 1. The average molecular weight is 255 g/mol. The van der Waals surface area contributed by atoms with Crippen molar-refractivity contribution in [1.29, 1.82) is 0 Å². The summed E-state index contributed by atoms with van der Waals surface area (Å²) < 4.78 is 26.0. The number of hydrogen-bond donors (Lipinski definition) is 1. The van der Waals surface area contributed by atoms with Crippen LogP contribution in [0.2, 0.25) is 0 Å². The molecule has 2 atom stereocenters. The molecule has 0 spiro atoms. The fourth-order valence-corrected chi connectivity index (χ4v) is 2.22. The lowest BCUT2D eigenvalue weighted by molar-refractivity contribution is 0.387. The average Bonchev–Trinajstić information content (AvgIpc) is 2.37. The van der Waals surface area contributed by atoms with E-state index in [4.69, 9.17) is 5.73 Å². The van der Waals surface area contributed by atoms with Gasteiger partial charge in [-0.2, -0.15) is 0 Å². The van der Waals surface area contributed by atoms with Gasteiger partial charge in [-0.1, -0.05) is 45.6 Å². The zero-order valence-corrected chi connectivity index (χ0v) is 11.3. The second kappa shape index (κ2) is 7.47. The minimum atomic E-state index is -0.816. The van der Waals surface area contributed by atoms with Gasteiger partial charge in [0, 0.05) is 6.04 Å². The maximum Gasteiger partial charge on any atom is 0.159 e. The number of halogens is 2. The summed E-state index contributed by atoms with van der Waals surface area (Å²) in [4.78, 5) is 0. The summed E-state index contributed by atoms with van der Waals surface area (Å²) in [6.45, 7) is 4.32. The molecule has 1 aromatic rings. The first-order valence-corrected chi connectivity index (χ1v) is 6.79. The van der Waals surface area contributed by atoms with Crippen LogP contribution in [0, 0.1) is 17.6 Å². The van der Waals surface area contributed by atoms with Gasteiger partial charge in [0.05, 0.1) is 0 Å². The van der Waals surface area contributed by atoms with Crippen LogP contribution in [0.3, 0.4) is 0 Å². The highest BCUT2D eigenvalue weighted by molar-refractivity contribution is 5.21. The lowest BCUT2D eigenvalue weighted by atomic mass is 9.89. The topological polar surface area (TPSA) is 26.0 Å². The molecule has 1 nitrogen and oxygen atoms in total. The Morgan fingerprint density at radius 3 is 2.44 bits per heavy atom. The zero-order valence-electron chi connectivity index (χ0n) is 11.3. The molecule has 0 amide bonds. The van der Waals surface area contributed by atoms with E-state index < -0.39 is 11.6 Å². The van der Waals surface area contributed by atoms with Gasteiger partial charge < -0.3 is 5.73 Å². The molecule has 1 aromatic carbocycles. The van der Waals surface area contributed by atoms with Crippen molar-refractivity contribution in [3.05, 3.63) is 35.4 Å². The van der Waals surface area contributed by atoms with E-state index in [-0.39, 0.29) is 6.04 Å². The maximum absolute atomic E-state index is 13.1. The number of hydrogen-bond acceptors (Lipinski definition) is 1. The molecular weight excluding hydrogens is 232 g/mol. The Hall–Kier alpha value is -0.960. The van der Waals surface area contributed by atoms with Crippen LogP contribution >= 0.6 is 0 Å². The highest BCUT2D eigenvalue weighted by Gasteiger charge is 2.14. The van der Waals surface area contributed by atoms with E-state index in [1.54, 1.807) is 6.07 Å². The van der Waals surface area contributed by atoms with Crippen LogP contribution in [0.25, 0.3) is 0 Å². The number of nitrogens with two attached hydrogens (primary N) is 1. The summed E-state index contributed by atoms with van der Waals surface area (Å²) >= 11 is 0. The SMILES string of the molecule is CCCCC(CC)CC(N)c1ccc(F)c(F)c1. The van der Waals surface area contributed by atoms with Gasteiger partial charge in [-0.05, 0) is 30.0 Å². The standard InChI is InChI=1S/C15H23F2N/c1-3-5-6-11(4-2)9-15(18)12-7-8-13(16)14(17)10-12/h7-8,10-11,15H,3-6,9,18H2,1-2H3. The van der Waals surface area contributed by atoms with E-state index >= 15 is 0 Å². The lowest BCUT2D eigenvalue weighted by Crippen LogP contribution is -2.15.